The molecule has 4 N–H and O–H groups in total. The molecule has 13 heavy (non-hydrogen) atoms. The van der Waals surface area contributed by atoms with Crippen LogP contribution in [-0.2, 0) is 9.53 Å². The van der Waals surface area contributed by atoms with Crippen molar-refractivity contribution in [2.45, 2.75) is 12.2 Å². The molecule has 7 heteroatoms. The van der Waals surface area contributed by atoms with Gasteiger partial charge in [0.05, 0.1) is 6.61 Å². The molecule has 0 aromatic rings. The maximum atomic E-state index is 10.5. The van der Waals surface area contributed by atoms with Gasteiger partial charge in [-0.05, 0) is 0 Å². The van der Waals surface area contributed by atoms with E-state index in [2.05, 4.69) is 4.74 Å². The van der Waals surface area contributed by atoms with E-state index in [1.165, 1.54) is 0 Å². The predicted molar refractivity (Wildman–Crippen MR) is 41.0 cm³/mol. The topological polar surface area (TPSA) is 107 Å². The molecule has 1 aliphatic heterocycles. The Hall–Kier alpha value is -0.738. The van der Waals surface area contributed by atoms with Crippen LogP contribution < -0.4 is 0 Å². The second kappa shape index (κ2) is 4.49. The van der Waals surface area contributed by atoms with Gasteiger partial charge in [-0.1, -0.05) is 0 Å². The van der Waals surface area contributed by atoms with Crippen molar-refractivity contribution in [2.24, 2.45) is 0 Å². The number of carbonyl (C=O) groups is 1. The first-order chi connectivity index (χ1) is 5.57. The first-order valence-corrected chi connectivity index (χ1v) is 3.20. The molecule has 68 valence electrons. The van der Waals surface area contributed by atoms with Gasteiger partial charge in [0, 0.05) is 0 Å². The third-order valence-corrected chi connectivity index (χ3v) is 1.48. The normalized spacial score (nSPS) is 23.8. The summed E-state index contributed by atoms with van der Waals surface area (Å²) < 4.78 is 4.32. The van der Waals surface area contributed by atoms with Crippen molar-refractivity contribution >= 4 is 23.3 Å². The summed E-state index contributed by atoms with van der Waals surface area (Å²) in [7, 11) is 0. The van der Waals surface area contributed by atoms with Crippen LogP contribution >= 0.6 is 0 Å². The van der Waals surface area contributed by atoms with Crippen LogP contribution in [0, 0.1) is 0 Å². The van der Waals surface area contributed by atoms with E-state index in [1.54, 1.807) is 0 Å². The Morgan fingerprint density at radius 3 is 2.31 bits per heavy atom. The van der Waals surface area contributed by atoms with Gasteiger partial charge in [0.25, 0.3) is 0 Å². The van der Waals surface area contributed by atoms with Crippen molar-refractivity contribution in [1.82, 2.24) is 0 Å². The van der Waals surface area contributed by atoms with Crippen LogP contribution in [0.1, 0.15) is 0 Å². The van der Waals surface area contributed by atoms with E-state index < -0.39 is 36.3 Å². The second-order valence-electron chi connectivity index (χ2n) is 2.31. The van der Waals surface area contributed by atoms with Crippen LogP contribution in [0.15, 0.2) is 11.5 Å². The van der Waals surface area contributed by atoms with Gasteiger partial charge in [0.1, 0.15) is 6.10 Å². The Morgan fingerprint density at radius 1 is 1.46 bits per heavy atom. The minimum absolute atomic E-state index is 0. The van der Waals surface area contributed by atoms with Crippen molar-refractivity contribution in [1.29, 1.82) is 0 Å². The summed E-state index contributed by atoms with van der Waals surface area (Å²) in [6.45, 7) is -0.671. The van der Waals surface area contributed by atoms with Gasteiger partial charge in [-0.25, -0.2) is 4.79 Å². The van der Waals surface area contributed by atoms with Gasteiger partial charge in [-0.2, -0.15) is 0 Å². The van der Waals surface area contributed by atoms with Crippen LogP contribution in [-0.4, -0.2) is 62.6 Å². The van der Waals surface area contributed by atoms with E-state index in [9.17, 15) is 4.79 Å². The number of esters is 1. The Kier molecular flexibility index (Phi) is 4.23. The number of carbonyl (C=O) groups excluding carboxylic acids is 1. The Morgan fingerprint density at radius 2 is 2.00 bits per heavy atom. The molecular weight excluding hydrogens is 195 g/mol. The van der Waals surface area contributed by atoms with Crippen LogP contribution in [0.25, 0.3) is 0 Å². The number of rotatable bonds is 2. The van der Waals surface area contributed by atoms with Gasteiger partial charge in [-0.3, -0.25) is 0 Å². The number of aliphatic hydroxyl groups excluding tert-OH is 4. The average molecular weight is 203 g/mol. The molecule has 6 nitrogen and oxygen atoms in total. The molecule has 0 amide bonds. The smallest absolute Gasteiger partial charge is 0.505 e. The van der Waals surface area contributed by atoms with E-state index in [4.69, 9.17) is 20.4 Å². The van der Waals surface area contributed by atoms with Crippen LogP contribution in [0.2, 0.25) is 0 Å². The van der Waals surface area contributed by atoms with Crippen molar-refractivity contribution in [3.05, 3.63) is 11.5 Å². The summed E-state index contributed by atoms with van der Waals surface area (Å²) in [5.74, 6) is -2.78. The second-order valence-corrected chi connectivity index (χ2v) is 2.31. The van der Waals surface area contributed by atoms with E-state index >= 15 is 0 Å². The molecular formula is C6H8AlO6+3. The van der Waals surface area contributed by atoms with Crippen LogP contribution in [0.4, 0.5) is 0 Å². The number of hydrogen-bond donors (Lipinski definition) is 4. The van der Waals surface area contributed by atoms with E-state index in [0.717, 1.165) is 0 Å². The molecule has 0 unspecified atom stereocenters. The summed E-state index contributed by atoms with van der Waals surface area (Å²) >= 11 is 0. The molecule has 0 saturated heterocycles. The summed E-state index contributed by atoms with van der Waals surface area (Å²) in [5, 5.41) is 35.0. The Bertz CT molecular complexity index is 237. The van der Waals surface area contributed by atoms with Crippen LogP contribution in [0.3, 0.4) is 0 Å². The summed E-state index contributed by atoms with van der Waals surface area (Å²) in [5.41, 5.74) is 0. The standard InChI is InChI=1S/C6H8O6.Al/c7-1-2(8)5-3(9)4(10)6(11)12-5;/h2,5,7-10H,1H2;/q;+3/t2-,5+;/m0./s1. The molecule has 1 aliphatic rings. The molecule has 0 aromatic heterocycles. The molecule has 0 spiro atoms. The summed E-state index contributed by atoms with van der Waals surface area (Å²) in [6.07, 6.45) is -2.78. The minimum atomic E-state index is -1.42. The number of hydrogen-bond acceptors (Lipinski definition) is 6. The van der Waals surface area contributed by atoms with E-state index in [1.807, 2.05) is 0 Å². The van der Waals surface area contributed by atoms with Gasteiger partial charge in [0.15, 0.2) is 11.9 Å². The minimum Gasteiger partial charge on any atom is -0.505 e. The number of aliphatic hydroxyl groups is 4. The van der Waals surface area contributed by atoms with Crippen molar-refractivity contribution < 1.29 is 30.0 Å². The maximum Gasteiger partial charge on any atom is 3.00 e. The Balaban J connectivity index is 0.00000144. The molecule has 0 aromatic carbocycles. The fourth-order valence-electron chi connectivity index (χ4n) is 0.823. The zero-order valence-corrected chi connectivity index (χ0v) is 7.70. The fraction of sp³-hybridized carbons (Fsp3) is 0.500. The molecule has 0 aliphatic carbocycles. The molecule has 1 rings (SSSR count). The zero-order chi connectivity index (χ0) is 9.30. The van der Waals surface area contributed by atoms with E-state index in [-0.39, 0.29) is 17.4 Å². The zero-order valence-electron chi connectivity index (χ0n) is 6.54. The molecule has 2 atom stereocenters. The molecule has 1 heterocycles. The van der Waals surface area contributed by atoms with Gasteiger partial charge in [0.2, 0.25) is 5.76 Å². The quantitative estimate of drug-likeness (QED) is 0.312. The summed E-state index contributed by atoms with van der Waals surface area (Å²) in [6, 6.07) is 0. The predicted octanol–water partition coefficient (Wildman–Crippen LogP) is -1.79. The number of cyclic esters (lactones) is 1. The fourth-order valence-corrected chi connectivity index (χ4v) is 0.823. The maximum absolute atomic E-state index is 10.5. The van der Waals surface area contributed by atoms with Gasteiger partial charge < -0.3 is 25.2 Å². The molecule has 0 bridgehead atoms. The third kappa shape index (κ3) is 2.14. The molecule has 0 radical (unpaired) electrons. The largest absolute Gasteiger partial charge is 3.00 e. The SMILES string of the molecule is O=C1O[C@H]([C@@H](O)CO)C(O)=C1O.[Al+3]. The van der Waals surface area contributed by atoms with Gasteiger partial charge in [-0.15, -0.1) is 0 Å². The number of ether oxygens (including phenoxy) is 1. The molecule has 0 saturated carbocycles. The van der Waals surface area contributed by atoms with Crippen molar-refractivity contribution in [3.8, 4) is 0 Å². The van der Waals surface area contributed by atoms with Gasteiger partial charge >= 0.3 is 23.3 Å². The van der Waals surface area contributed by atoms with E-state index in [0.29, 0.717) is 0 Å². The Labute approximate surface area is 84.2 Å². The van der Waals surface area contributed by atoms with Crippen molar-refractivity contribution in [2.75, 3.05) is 6.61 Å². The molecule has 0 fully saturated rings. The van der Waals surface area contributed by atoms with Crippen LogP contribution in [0.5, 0.6) is 0 Å². The monoisotopic (exact) mass is 203 g/mol. The summed E-state index contributed by atoms with van der Waals surface area (Å²) in [4.78, 5) is 10.5. The average Bonchev–Trinajstić information content (AvgIpc) is 2.32. The van der Waals surface area contributed by atoms with Crippen molar-refractivity contribution in [3.63, 3.8) is 0 Å². The third-order valence-electron chi connectivity index (χ3n) is 1.48. The first kappa shape index (κ1) is 12.3. The first-order valence-electron chi connectivity index (χ1n) is 3.20.